The van der Waals surface area contributed by atoms with E-state index in [1.165, 1.54) is 0 Å². The van der Waals surface area contributed by atoms with E-state index in [9.17, 15) is 9.59 Å². The Kier molecular flexibility index (Phi) is 4.92. The van der Waals surface area contributed by atoms with Gasteiger partial charge in [-0.15, -0.1) is 11.8 Å². The molecule has 4 nitrogen and oxygen atoms in total. The minimum Gasteiger partial charge on any atom is -0.315 e. The number of aryl methyl sites for hydroxylation is 1. The lowest BCUT2D eigenvalue weighted by Gasteiger charge is -2.34. The number of hydrogen-bond acceptors (Lipinski definition) is 3. The van der Waals surface area contributed by atoms with Crippen molar-refractivity contribution in [1.82, 2.24) is 4.90 Å². The van der Waals surface area contributed by atoms with Gasteiger partial charge in [0.25, 0.3) is 5.91 Å². The third-order valence-electron chi connectivity index (χ3n) is 5.40. The van der Waals surface area contributed by atoms with Gasteiger partial charge in [0.1, 0.15) is 0 Å². The highest BCUT2D eigenvalue weighted by molar-refractivity contribution is 8.01. The summed E-state index contributed by atoms with van der Waals surface area (Å²) in [5.41, 5.74) is 3.76. The molecule has 0 bridgehead atoms. The van der Waals surface area contributed by atoms with E-state index in [-0.39, 0.29) is 17.7 Å². The number of rotatable bonds is 3. The van der Waals surface area contributed by atoms with E-state index in [0.717, 1.165) is 28.1 Å². The molecule has 2 aromatic carbocycles. The molecule has 2 aliphatic rings. The molecule has 1 spiro atoms. The molecular weight excluding hydrogens is 392 g/mol. The van der Waals surface area contributed by atoms with E-state index in [1.54, 1.807) is 21.6 Å². The summed E-state index contributed by atoms with van der Waals surface area (Å²) in [5.74, 6) is 0.557. The fourth-order valence-corrected chi connectivity index (χ4v) is 5.67. The van der Waals surface area contributed by atoms with Crippen LogP contribution in [0.5, 0.6) is 0 Å². The van der Waals surface area contributed by atoms with E-state index in [1.807, 2.05) is 57.2 Å². The Balaban J connectivity index is 1.84. The topological polar surface area (TPSA) is 40.6 Å². The number of hydrogen-bond donors (Lipinski definition) is 0. The molecule has 1 unspecified atom stereocenters. The maximum Gasteiger partial charge on any atom is 0.268 e. The molecule has 2 heterocycles. The summed E-state index contributed by atoms with van der Waals surface area (Å²) < 4.78 is 0. The summed E-state index contributed by atoms with van der Waals surface area (Å²) >= 11 is 7.93. The van der Waals surface area contributed by atoms with E-state index in [4.69, 9.17) is 11.6 Å². The van der Waals surface area contributed by atoms with E-state index in [2.05, 4.69) is 6.07 Å². The van der Waals surface area contributed by atoms with Crippen molar-refractivity contribution in [3.8, 4) is 0 Å². The van der Waals surface area contributed by atoms with Crippen molar-refractivity contribution >= 4 is 40.9 Å². The molecular formula is C22H23ClN2O2S. The molecule has 146 valence electrons. The number of halogens is 1. The maximum absolute atomic E-state index is 13.8. The summed E-state index contributed by atoms with van der Waals surface area (Å²) in [7, 11) is 0. The standard InChI is InChI=1S/C22H23ClN2O2S/c1-14(2)20(26)25-10-11-28-22(25)17-12-15(3)8-9-19(17)24(21(22)27)13-16-6-4-5-7-18(16)23/h4-9,12,14H,10-11,13H2,1-3H3. The number of thioether (sulfide) groups is 1. The van der Waals surface area contributed by atoms with Crippen molar-refractivity contribution in [3.63, 3.8) is 0 Å². The first-order valence-electron chi connectivity index (χ1n) is 9.48. The lowest BCUT2D eigenvalue weighted by atomic mass is 10.0. The van der Waals surface area contributed by atoms with Crippen LogP contribution >= 0.6 is 23.4 Å². The predicted octanol–water partition coefficient (Wildman–Crippen LogP) is 4.58. The zero-order valence-electron chi connectivity index (χ0n) is 16.2. The molecule has 1 fully saturated rings. The zero-order chi connectivity index (χ0) is 20.1. The van der Waals surface area contributed by atoms with Crippen LogP contribution < -0.4 is 4.90 Å². The number of anilines is 1. The maximum atomic E-state index is 13.8. The zero-order valence-corrected chi connectivity index (χ0v) is 17.8. The number of amides is 2. The van der Waals surface area contributed by atoms with Gasteiger partial charge in [-0.25, -0.2) is 0 Å². The van der Waals surface area contributed by atoms with Crippen LogP contribution in [0.15, 0.2) is 42.5 Å². The van der Waals surface area contributed by atoms with Crippen LogP contribution in [0.25, 0.3) is 0 Å². The lowest BCUT2D eigenvalue weighted by molar-refractivity contribution is -0.142. The number of carbonyl (C=O) groups is 2. The Hall–Kier alpha value is -1.98. The molecule has 1 atom stereocenters. The molecule has 6 heteroatoms. The molecule has 2 aliphatic heterocycles. The Morgan fingerprint density at radius 1 is 1.25 bits per heavy atom. The molecule has 28 heavy (non-hydrogen) atoms. The first-order valence-corrected chi connectivity index (χ1v) is 10.8. The number of carbonyl (C=O) groups excluding carboxylic acids is 2. The van der Waals surface area contributed by atoms with Gasteiger partial charge in [0, 0.05) is 28.8 Å². The van der Waals surface area contributed by atoms with Crippen molar-refractivity contribution in [1.29, 1.82) is 0 Å². The van der Waals surface area contributed by atoms with Crippen LogP contribution in [0, 0.1) is 12.8 Å². The molecule has 0 radical (unpaired) electrons. The molecule has 0 aromatic heterocycles. The van der Waals surface area contributed by atoms with Gasteiger partial charge < -0.3 is 9.80 Å². The second-order valence-electron chi connectivity index (χ2n) is 7.64. The summed E-state index contributed by atoms with van der Waals surface area (Å²) in [5, 5.41) is 0.638. The Bertz CT molecular complexity index is 961. The quantitative estimate of drug-likeness (QED) is 0.738. The minimum atomic E-state index is -0.968. The minimum absolute atomic E-state index is 0.0189. The van der Waals surface area contributed by atoms with Crippen molar-refractivity contribution in [2.45, 2.75) is 32.2 Å². The summed E-state index contributed by atoms with van der Waals surface area (Å²) in [6, 6.07) is 13.6. The predicted molar refractivity (Wildman–Crippen MR) is 115 cm³/mol. The first kappa shape index (κ1) is 19.3. The van der Waals surface area contributed by atoms with Gasteiger partial charge in [0.15, 0.2) is 4.87 Å². The van der Waals surface area contributed by atoms with Gasteiger partial charge in [-0.05, 0) is 24.6 Å². The molecule has 0 aliphatic carbocycles. The number of fused-ring (bicyclic) bond motifs is 2. The molecule has 0 N–H and O–H groups in total. The van der Waals surface area contributed by atoms with Crippen LogP contribution in [0.3, 0.4) is 0 Å². The van der Waals surface area contributed by atoms with E-state index >= 15 is 0 Å². The third kappa shape index (κ3) is 2.83. The van der Waals surface area contributed by atoms with Gasteiger partial charge in [-0.2, -0.15) is 0 Å². The molecule has 0 saturated carbocycles. The highest BCUT2D eigenvalue weighted by atomic mass is 35.5. The summed E-state index contributed by atoms with van der Waals surface area (Å²) in [4.78, 5) is 29.4. The first-order chi connectivity index (χ1) is 13.4. The van der Waals surface area contributed by atoms with Crippen LogP contribution in [0.4, 0.5) is 5.69 Å². The van der Waals surface area contributed by atoms with Crippen LogP contribution in [-0.2, 0) is 21.0 Å². The Morgan fingerprint density at radius 3 is 2.71 bits per heavy atom. The molecule has 1 saturated heterocycles. The second kappa shape index (κ2) is 7.12. The highest BCUT2D eigenvalue weighted by Gasteiger charge is 2.59. The van der Waals surface area contributed by atoms with Crippen molar-refractivity contribution in [3.05, 3.63) is 64.2 Å². The van der Waals surface area contributed by atoms with Gasteiger partial charge >= 0.3 is 0 Å². The van der Waals surface area contributed by atoms with Gasteiger partial charge in [0.05, 0.1) is 12.2 Å². The van der Waals surface area contributed by atoms with Crippen LogP contribution in [0.1, 0.15) is 30.5 Å². The van der Waals surface area contributed by atoms with Gasteiger partial charge in [0.2, 0.25) is 5.91 Å². The Labute approximate surface area is 174 Å². The summed E-state index contributed by atoms with van der Waals surface area (Å²) in [6.45, 7) is 6.76. The van der Waals surface area contributed by atoms with Crippen molar-refractivity contribution in [2.75, 3.05) is 17.2 Å². The summed E-state index contributed by atoms with van der Waals surface area (Å²) in [6.07, 6.45) is 0. The van der Waals surface area contributed by atoms with Gasteiger partial charge in [-0.1, -0.05) is 61.3 Å². The van der Waals surface area contributed by atoms with E-state index in [0.29, 0.717) is 18.1 Å². The Morgan fingerprint density at radius 2 is 2.00 bits per heavy atom. The van der Waals surface area contributed by atoms with Crippen molar-refractivity contribution < 1.29 is 9.59 Å². The fourth-order valence-electron chi connectivity index (χ4n) is 4.02. The number of nitrogens with zero attached hydrogens (tertiary/aromatic N) is 2. The van der Waals surface area contributed by atoms with Crippen LogP contribution in [-0.4, -0.2) is 29.0 Å². The second-order valence-corrected chi connectivity index (χ2v) is 9.34. The molecule has 2 aromatic rings. The average Bonchev–Trinajstić information content (AvgIpc) is 3.20. The largest absolute Gasteiger partial charge is 0.315 e. The van der Waals surface area contributed by atoms with E-state index < -0.39 is 4.87 Å². The smallest absolute Gasteiger partial charge is 0.268 e. The third-order valence-corrected chi connectivity index (χ3v) is 7.18. The normalized spacial score (nSPS) is 21.1. The van der Waals surface area contributed by atoms with Gasteiger partial charge in [-0.3, -0.25) is 9.59 Å². The average molecular weight is 415 g/mol. The highest BCUT2D eigenvalue weighted by Crippen LogP contribution is 2.55. The number of benzene rings is 2. The molecule has 2 amide bonds. The fraction of sp³-hybridized carbons (Fsp3) is 0.364. The SMILES string of the molecule is Cc1ccc2c(c1)C1(SCCN1C(=O)C(C)C)C(=O)N2Cc1ccccc1Cl. The monoisotopic (exact) mass is 414 g/mol. The van der Waals surface area contributed by atoms with Crippen LogP contribution in [0.2, 0.25) is 5.02 Å². The van der Waals surface area contributed by atoms with Crippen molar-refractivity contribution in [2.24, 2.45) is 5.92 Å². The molecule has 4 rings (SSSR count). The lowest BCUT2D eigenvalue weighted by Crippen LogP contribution is -2.51.